The van der Waals surface area contributed by atoms with E-state index in [2.05, 4.69) is 22.9 Å². The monoisotopic (exact) mass is 323 g/mol. The summed E-state index contributed by atoms with van der Waals surface area (Å²) in [5, 5.41) is 3.69. The molecule has 0 radical (unpaired) electrons. The van der Waals surface area contributed by atoms with Crippen molar-refractivity contribution in [2.45, 2.75) is 13.5 Å². The lowest BCUT2D eigenvalue weighted by atomic mass is 10.1. The second kappa shape index (κ2) is 7.00. The molecule has 0 saturated heterocycles. The minimum absolute atomic E-state index is 0.146. The van der Waals surface area contributed by atoms with Gasteiger partial charge in [-0.05, 0) is 42.3 Å². The van der Waals surface area contributed by atoms with E-state index in [9.17, 15) is 4.79 Å². The van der Waals surface area contributed by atoms with Crippen LogP contribution in [0.25, 0.3) is 11.3 Å². The highest BCUT2D eigenvalue weighted by Crippen LogP contribution is 2.24. The summed E-state index contributed by atoms with van der Waals surface area (Å²) < 4.78 is 15.6. The number of esters is 1. The summed E-state index contributed by atoms with van der Waals surface area (Å²) >= 11 is 0. The fourth-order valence-electron chi connectivity index (χ4n) is 2.26. The lowest BCUT2D eigenvalue weighted by Gasteiger charge is -2.08. The molecule has 1 aromatic heterocycles. The Kier molecular flexibility index (Phi) is 4.61. The highest BCUT2D eigenvalue weighted by atomic mass is 16.5. The van der Waals surface area contributed by atoms with Crippen molar-refractivity contribution >= 4 is 5.97 Å². The molecule has 0 aliphatic heterocycles. The van der Waals surface area contributed by atoms with Gasteiger partial charge < -0.3 is 14.0 Å². The Labute approximate surface area is 139 Å². The molecule has 0 aliphatic rings. The third-order valence-electron chi connectivity index (χ3n) is 3.70. The van der Waals surface area contributed by atoms with E-state index < -0.39 is 5.97 Å². The van der Waals surface area contributed by atoms with E-state index in [4.69, 9.17) is 9.26 Å². The summed E-state index contributed by atoms with van der Waals surface area (Å²) in [6.45, 7) is 2.57. The van der Waals surface area contributed by atoms with Gasteiger partial charge in [-0.15, -0.1) is 0 Å². The number of nitrogens with zero attached hydrogens (tertiary/aromatic N) is 1. The molecule has 3 rings (SSSR count). The lowest BCUT2D eigenvalue weighted by Crippen LogP contribution is -2.00. The van der Waals surface area contributed by atoms with Crippen molar-refractivity contribution in [1.82, 2.24) is 5.16 Å². The number of ether oxygens (including phenoxy) is 2. The van der Waals surface area contributed by atoms with Gasteiger partial charge in [-0.2, -0.15) is 0 Å². The first kappa shape index (κ1) is 15.8. The number of carbonyl (C=O) groups is 1. The Morgan fingerprint density at radius 3 is 2.58 bits per heavy atom. The predicted octanol–water partition coefficient (Wildman–Crippen LogP) is 4.02. The second-order valence-electron chi connectivity index (χ2n) is 5.31. The summed E-state index contributed by atoms with van der Waals surface area (Å²) in [5.41, 5.74) is 3.30. The van der Waals surface area contributed by atoms with Crippen molar-refractivity contribution in [3.8, 4) is 17.1 Å². The first-order chi connectivity index (χ1) is 11.7. The molecule has 0 fully saturated rings. The van der Waals surface area contributed by atoms with Gasteiger partial charge in [-0.1, -0.05) is 29.4 Å². The van der Waals surface area contributed by atoms with Crippen LogP contribution in [0.3, 0.4) is 0 Å². The number of benzene rings is 2. The van der Waals surface area contributed by atoms with Crippen LogP contribution in [0.15, 0.2) is 59.1 Å². The Hall–Kier alpha value is -3.08. The van der Waals surface area contributed by atoms with Crippen molar-refractivity contribution in [2.75, 3.05) is 7.11 Å². The number of methoxy groups -OCH3 is 1. The zero-order valence-electron chi connectivity index (χ0n) is 13.5. The molecule has 0 bridgehead atoms. The number of rotatable bonds is 5. The molecule has 122 valence electrons. The minimum Gasteiger partial charge on any atom is -0.489 e. The summed E-state index contributed by atoms with van der Waals surface area (Å²) in [7, 11) is 1.30. The van der Waals surface area contributed by atoms with Crippen LogP contribution in [-0.2, 0) is 11.3 Å². The third-order valence-corrected chi connectivity index (χ3v) is 3.70. The number of aryl methyl sites for hydroxylation is 1. The van der Waals surface area contributed by atoms with Gasteiger partial charge in [0.25, 0.3) is 0 Å². The van der Waals surface area contributed by atoms with Gasteiger partial charge in [-0.3, -0.25) is 0 Å². The number of hydrogen-bond acceptors (Lipinski definition) is 5. The molecule has 0 spiro atoms. The van der Waals surface area contributed by atoms with Gasteiger partial charge in [0.2, 0.25) is 0 Å². The first-order valence-corrected chi connectivity index (χ1v) is 7.50. The fourth-order valence-corrected chi connectivity index (χ4v) is 2.26. The van der Waals surface area contributed by atoms with E-state index in [1.807, 2.05) is 42.5 Å². The quantitative estimate of drug-likeness (QED) is 0.664. The maximum Gasteiger partial charge on any atom is 0.360 e. The van der Waals surface area contributed by atoms with Crippen LogP contribution in [0.2, 0.25) is 0 Å². The number of carbonyl (C=O) groups excluding carboxylic acids is 1. The van der Waals surface area contributed by atoms with Crippen LogP contribution in [0.1, 0.15) is 21.6 Å². The molecule has 0 N–H and O–H groups in total. The molecular formula is C19H17NO4. The largest absolute Gasteiger partial charge is 0.489 e. The van der Waals surface area contributed by atoms with E-state index in [0.717, 1.165) is 16.9 Å². The van der Waals surface area contributed by atoms with Crippen LogP contribution in [0.5, 0.6) is 5.75 Å². The van der Waals surface area contributed by atoms with E-state index in [-0.39, 0.29) is 5.69 Å². The fraction of sp³-hybridized carbons (Fsp3) is 0.158. The maximum absolute atomic E-state index is 11.4. The van der Waals surface area contributed by atoms with Crippen molar-refractivity contribution < 1.29 is 18.8 Å². The van der Waals surface area contributed by atoms with Gasteiger partial charge >= 0.3 is 5.97 Å². The van der Waals surface area contributed by atoms with E-state index in [1.165, 1.54) is 12.7 Å². The molecule has 0 saturated carbocycles. The second-order valence-corrected chi connectivity index (χ2v) is 5.31. The molecule has 1 heterocycles. The lowest BCUT2D eigenvalue weighted by molar-refractivity contribution is 0.0589. The average Bonchev–Trinajstić information content (AvgIpc) is 3.11. The topological polar surface area (TPSA) is 61.6 Å². The SMILES string of the molecule is COC(=O)c1cc(-c2ccc(OCc3ccccc3C)cc2)on1. The van der Waals surface area contributed by atoms with Crippen molar-refractivity contribution in [3.05, 3.63) is 71.4 Å². The Morgan fingerprint density at radius 1 is 1.12 bits per heavy atom. The molecule has 2 aromatic carbocycles. The van der Waals surface area contributed by atoms with Crippen LogP contribution >= 0.6 is 0 Å². The Bertz CT molecular complexity index is 837. The summed E-state index contributed by atoms with van der Waals surface area (Å²) in [6, 6.07) is 17.1. The average molecular weight is 323 g/mol. The molecule has 0 unspecified atom stereocenters. The summed E-state index contributed by atoms with van der Waals surface area (Å²) in [5.74, 6) is 0.735. The normalized spacial score (nSPS) is 10.4. The van der Waals surface area contributed by atoms with Gasteiger partial charge in [0.15, 0.2) is 11.5 Å². The smallest absolute Gasteiger partial charge is 0.360 e. The van der Waals surface area contributed by atoms with Gasteiger partial charge in [-0.25, -0.2) is 4.79 Å². The van der Waals surface area contributed by atoms with Gasteiger partial charge in [0.1, 0.15) is 12.4 Å². The Morgan fingerprint density at radius 2 is 1.88 bits per heavy atom. The molecule has 0 aliphatic carbocycles. The van der Waals surface area contributed by atoms with Crippen LogP contribution in [0, 0.1) is 6.92 Å². The van der Waals surface area contributed by atoms with Gasteiger partial charge in [0, 0.05) is 11.6 Å². The van der Waals surface area contributed by atoms with Crippen molar-refractivity contribution in [2.24, 2.45) is 0 Å². The zero-order chi connectivity index (χ0) is 16.9. The molecule has 0 atom stereocenters. The molecule has 3 aromatic rings. The summed E-state index contributed by atoms with van der Waals surface area (Å²) in [6.07, 6.45) is 0. The van der Waals surface area contributed by atoms with Crippen molar-refractivity contribution in [1.29, 1.82) is 0 Å². The van der Waals surface area contributed by atoms with Crippen LogP contribution in [-0.4, -0.2) is 18.2 Å². The standard InChI is InChI=1S/C19H17NO4/c1-13-5-3-4-6-15(13)12-23-16-9-7-14(8-10-16)18-11-17(20-24-18)19(21)22-2/h3-11H,12H2,1-2H3. The third kappa shape index (κ3) is 3.46. The molecular weight excluding hydrogens is 306 g/mol. The molecule has 0 amide bonds. The van der Waals surface area contributed by atoms with Crippen LogP contribution in [0.4, 0.5) is 0 Å². The summed E-state index contributed by atoms with van der Waals surface area (Å²) in [4.78, 5) is 11.4. The highest BCUT2D eigenvalue weighted by molar-refractivity contribution is 5.88. The van der Waals surface area contributed by atoms with E-state index >= 15 is 0 Å². The number of hydrogen-bond donors (Lipinski definition) is 0. The highest BCUT2D eigenvalue weighted by Gasteiger charge is 2.13. The Balaban J connectivity index is 1.68. The predicted molar refractivity (Wildman–Crippen MR) is 88.8 cm³/mol. The molecule has 24 heavy (non-hydrogen) atoms. The minimum atomic E-state index is -0.525. The number of aromatic nitrogens is 1. The van der Waals surface area contributed by atoms with E-state index in [1.54, 1.807) is 6.07 Å². The van der Waals surface area contributed by atoms with E-state index in [0.29, 0.717) is 12.4 Å². The van der Waals surface area contributed by atoms with Crippen LogP contribution < -0.4 is 4.74 Å². The van der Waals surface area contributed by atoms with Gasteiger partial charge in [0.05, 0.1) is 7.11 Å². The maximum atomic E-state index is 11.4. The first-order valence-electron chi connectivity index (χ1n) is 7.50. The van der Waals surface area contributed by atoms with Crippen molar-refractivity contribution in [3.63, 3.8) is 0 Å². The molecule has 5 heteroatoms. The zero-order valence-corrected chi connectivity index (χ0v) is 13.5. The molecule has 5 nitrogen and oxygen atoms in total.